The smallest absolute Gasteiger partial charge is 0.329 e. The van der Waals surface area contributed by atoms with Crippen LogP contribution in [0.4, 0.5) is 0 Å². The summed E-state index contributed by atoms with van der Waals surface area (Å²) in [7, 11) is 0. The lowest BCUT2D eigenvalue weighted by molar-refractivity contribution is -0.139. The molecule has 0 heterocycles. The van der Waals surface area contributed by atoms with Gasteiger partial charge in [0.25, 0.3) is 0 Å². The first kappa shape index (κ1) is 25.3. The summed E-state index contributed by atoms with van der Waals surface area (Å²) in [6.45, 7) is 4.68. The summed E-state index contributed by atoms with van der Waals surface area (Å²) in [5, 5.41) is 7.49. The van der Waals surface area contributed by atoms with Crippen LogP contribution >= 0.6 is 23.2 Å². The number of rotatable bonds is 8. The Morgan fingerprint density at radius 3 is 2.32 bits per heavy atom. The number of hydrogen-bond donors (Lipinski definition) is 2. The lowest BCUT2D eigenvalue weighted by Gasteiger charge is -2.10. The molecule has 0 aliphatic rings. The molecule has 3 aromatic rings. The van der Waals surface area contributed by atoms with Gasteiger partial charge in [-0.25, -0.2) is 5.43 Å². The van der Waals surface area contributed by atoms with Crippen molar-refractivity contribution in [2.24, 2.45) is 5.10 Å². The summed E-state index contributed by atoms with van der Waals surface area (Å²) in [5.41, 5.74) is 5.71. The van der Waals surface area contributed by atoms with E-state index in [1.54, 1.807) is 42.5 Å². The van der Waals surface area contributed by atoms with Gasteiger partial charge in [-0.3, -0.25) is 9.59 Å². The van der Waals surface area contributed by atoms with E-state index < -0.39 is 11.8 Å². The Morgan fingerprint density at radius 1 is 0.971 bits per heavy atom. The fourth-order valence-electron chi connectivity index (χ4n) is 3.01. The second-order valence-electron chi connectivity index (χ2n) is 7.84. The van der Waals surface area contributed by atoms with Crippen molar-refractivity contribution in [3.05, 3.63) is 99.0 Å². The van der Waals surface area contributed by atoms with Crippen LogP contribution in [0.15, 0.2) is 71.8 Å². The van der Waals surface area contributed by atoms with Crippen molar-refractivity contribution in [1.29, 1.82) is 0 Å². The summed E-state index contributed by atoms with van der Waals surface area (Å²) < 4.78 is 5.77. The summed E-state index contributed by atoms with van der Waals surface area (Å²) in [6, 6.07) is 20.2. The molecule has 0 atom stereocenters. The van der Waals surface area contributed by atoms with Crippen molar-refractivity contribution < 1.29 is 14.3 Å². The molecule has 0 radical (unpaired) electrons. The van der Waals surface area contributed by atoms with Crippen LogP contribution in [-0.2, 0) is 22.7 Å². The third kappa shape index (κ3) is 7.33. The Hall–Kier alpha value is -3.35. The molecule has 0 spiro atoms. The highest BCUT2D eigenvalue weighted by Crippen LogP contribution is 2.26. The number of hydrazone groups is 1. The van der Waals surface area contributed by atoms with Crippen LogP contribution < -0.4 is 15.5 Å². The van der Waals surface area contributed by atoms with E-state index in [4.69, 9.17) is 27.9 Å². The summed E-state index contributed by atoms with van der Waals surface area (Å²) in [5.74, 6) is -0.609. The fraction of sp³-hybridized carbons (Fsp3) is 0.192. The van der Waals surface area contributed by atoms with Crippen LogP contribution in [0.2, 0.25) is 10.0 Å². The number of benzene rings is 3. The number of nitrogens with one attached hydrogen (secondary N) is 2. The molecule has 8 heteroatoms. The first-order valence-corrected chi connectivity index (χ1v) is 11.4. The standard InChI is InChI=1S/C26H25Cl2N3O3/c1-17(2)20-11-9-18(10-12-20)14-29-25(32)26(33)31-30-15-19-5-3-6-21(13-19)34-16-22-23(27)7-4-8-24(22)28/h3-13,15,17H,14,16H2,1-2H3,(H,29,32)(H,31,33)/b30-15-. The summed E-state index contributed by atoms with van der Waals surface area (Å²) >= 11 is 12.3. The average molecular weight is 498 g/mol. The van der Waals surface area contributed by atoms with E-state index in [9.17, 15) is 9.59 Å². The second-order valence-corrected chi connectivity index (χ2v) is 8.65. The molecule has 3 aromatic carbocycles. The molecule has 0 aliphatic carbocycles. The van der Waals surface area contributed by atoms with Crippen molar-refractivity contribution in [1.82, 2.24) is 10.7 Å². The molecule has 0 unspecified atom stereocenters. The minimum atomic E-state index is -0.851. The molecule has 0 aromatic heterocycles. The molecule has 176 valence electrons. The Balaban J connectivity index is 1.48. The molecule has 0 bridgehead atoms. The van der Waals surface area contributed by atoms with Gasteiger partial charge in [-0.2, -0.15) is 5.10 Å². The largest absolute Gasteiger partial charge is 0.489 e. The molecule has 2 amide bonds. The van der Waals surface area contributed by atoms with E-state index in [1.165, 1.54) is 11.8 Å². The molecular formula is C26H25Cl2N3O3. The van der Waals surface area contributed by atoms with Crippen molar-refractivity contribution in [3.63, 3.8) is 0 Å². The number of ether oxygens (including phenoxy) is 1. The van der Waals surface area contributed by atoms with E-state index in [0.29, 0.717) is 32.8 Å². The number of nitrogens with zero attached hydrogens (tertiary/aromatic N) is 1. The van der Waals surface area contributed by atoms with Crippen LogP contribution in [0.25, 0.3) is 0 Å². The van der Waals surface area contributed by atoms with Gasteiger partial charge in [0.2, 0.25) is 0 Å². The van der Waals surface area contributed by atoms with Gasteiger partial charge in [0, 0.05) is 22.2 Å². The first-order valence-electron chi connectivity index (χ1n) is 10.7. The van der Waals surface area contributed by atoms with E-state index in [0.717, 1.165) is 5.56 Å². The second kappa shape index (κ2) is 12.2. The quantitative estimate of drug-likeness (QED) is 0.246. The molecule has 6 nitrogen and oxygen atoms in total. The molecule has 34 heavy (non-hydrogen) atoms. The third-order valence-corrected chi connectivity index (χ3v) is 5.70. The monoisotopic (exact) mass is 497 g/mol. The molecule has 0 saturated heterocycles. The maximum atomic E-state index is 12.0. The maximum Gasteiger partial charge on any atom is 0.329 e. The molecule has 0 fully saturated rings. The summed E-state index contributed by atoms with van der Waals surface area (Å²) in [6.07, 6.45) is 1.42. The Bertz CT molecular complexity index is 1160. The van der Waals surface area contributed by atoms with Crippen molar-refractivity contribution >= 4 is 41.2 Å². The SMILES string of the molecule is CC(C)c1ccc(CNC(=O)C(=O)N/N=C\c2cccc(OCc3c(Cl)cccc3Cl)c2)cc1. The van der Waals surface area contributed by atoms with E-state index >= 15 is 0 Å². The lowest BCUT2D eigenvalue weighted by Crippen LogP contribution is -2.37. The predicted molar refractivity (Wildman–Crippen MR) is 135 cm³/mol. The molecule has 2 N–H and O–H groups in total. The zero-order chi connectivity index (χ0) is 24.5. The van der Waals surface area contributed by atoms with E-state index in [2.05, 4.69) is 29.7 Å². The normalized spacial score (nSPS) is 11.0. The minimum absolute atomic E-state index is 0.205. The van der Waals surface area contributed by atoms with Crippen LogP contribution in [0.3, 0.4) is 0 Å². The Morgan fingerprint density at radius 2 is 1.65 bits per heavy atom. The highest BCUT2D eigenvalue weighted by Gasteiger charge is 2.12. The topological polar surface area (TPSA) is 79.8 Å². The molecule has 0 aliphatic heterocycles. The van der Waals surface area contributed by atoms with Gasteiger partial charge < -0.3 is 10.1 Å². The number of amides is 2. The van der Waals surface area contributed by atoms with Crippen LogP contribution in [0.1, 0.15) is 42.0 Å². The van der Waals surface area contributed by atoms with Gasteiger partial charge in [-0.1, -0.05) is 79.5 Å². The highest BCUT2D eigenvalue weighted by molar-refractivity contribution is 6.36. The number of halogens is 2. The molecule has 0 saturated carbocycles. The molecule has 3 rings (SSSR count). The zero-order valence-electron chi connectivity index (χ0n) is 18.8. The average Bonchev–Trinajstić information content (AvgIpc) is 2.82. The van der Waals surface area contributed by atoms with Gasteiger partial charge in [0.1, 0.15) is 12.4 Å². The van der Waals surface area contributed by atoms with Gasteiger partial charge in [-0.05, 0) is 46.9 Å². The predicted octanol–water partition coefficient (Wildman–Crippen LogP) is 5.46. The van der Waals surface area contributed by atoms with Crippen LogP contribution in [0, 0.1) is 0 Å². The Labute approximate surface area is 208 Å². The van der Waals surface area contributed by atoms with Gasteiger partial charge in [0.05, 0.1) is 6.21 Å². The zero-order valence-corrected chi connectivity index (χ0v) is 20.4. The van der Waals surface area contributed by atoms with Gasteiger partial charge >= 0.3 is 11.8 Å². The van der Waals surface area contributed by atoms with Gasteiger partial charge in [0.15, 0.2) is 0 Å². The maximum absolute atomic E-state index is 12.0. The number of hydrogen-bond acceptors (Lipinski definition) is 4. The first-order chi connectivity index (χ1) is 16.3. The van der Waals surface area contributed by atoms with Crippen molar-refractivity contribution in [3.8, 4) is 5.75 Å². The number of carbonyl (C=O) groups excluding carboxylic acids is 2. The highest BCUT2D eigenvalue weighted by atomic mass is 35.5. The van der Waals surface area contributed by atoms with Gasteiger partial charge in [-0.15, -0.1) is 0 Å². The van der Waals surface area contributed by atoms with Crippen molar-refractivity contribution in [2.45, 2.75) is 32.9 Å². The fourth-order valence-corrected chi connectivity index (χ4v) is 3.52. The van der Waals surface area contributed by atoms with Crippen LogP contribution in [-0.4, -0.2) is 18.0 Å². The number of carbonyl (C=O) groups is 2. The summed E-state index contributed by atoms with van der Waals surface area (Å²) in [4.78, 5) is 24.0. The van der Waals surface area contributed by atoms with Crippen molar-refractivity contribution in [2.75, 3.05) is 0 Å². The van der Waals surface area contributed by atoms with Crippen LogP contribution in [0.5, 0.6) is 5.75 Å². The molecular weight excluding hydrogens is 473 g/mol. The van der Waals surface area contributed by atoms with E-state index in [-0.39, 0.29) is 13.2 Å². The van der Waals surface area contributed by atoms with E-state index in [1.807, 2.05) is 24.3 Å². The lowest BCUT2D eigenvalue weighted by atomic mass is 10.0. The minimum Gasteiger partial charge on any atom is -0.489 e. The Kier molecular flexibility index (Phi) is 9.08. The third-order valence-electron chi connectivity index (χ3n) is 4.99.